The van der Waals surface area contributed by atoms with Crippen LogP contribution in [-0.4, -0.2) is 23.5 Å². The van der Waals surface area contributed by atoms with Gasteiger partial charge in [0.15, 0.2) is 0 Å². The Balaban J connectivity index is 2.23. The van der Waals surface area contributed by atoms with Crippen LogP contribution in [0.3, 0.4) is 0 Å². The lowest BCUT2D eigenvalue weighted by Crippen LogP contribution is -2.33. The zero-order chi connectivity index (χ0) is 11.5. The van der Waals surface area contributed by atoms with Crippen LogP contribution in [0.5, 0.6) is 0 Å². The molecule has 3 nitrogen and oxygen atoms in total. The van der Waals surface area contributed by atoms with Crippen molar-refractivity contribution in [2.45, 2.75) is 45.0 Å². The zero-order valence-corrected chi connectivity index (χ0v) is 10.6. The molecule has 15 heavy (non-hydrogen) atoms. The van der Waals surface area contributed by atoms with E-state index in [0.29, 0.717) is 11.8 Å². The molecule has 1 rings (SSSR count). The summed E-state index contributed by atoms with van der Waals surface area (Å²) >= 11 is 1.82. The molecule has 0 radical (unpaired) electrons. The average molecular weight is 229 g/mol. The van der Waals surface area contributed by atoms with Crippen molar-refractivity contribution in [2.24, 2.45) is 0 Å². The van der Waals surface area contributed by atoms with Gasteiger partial charge in [-0.25, -0.2) is 4.79 Å². The molecule has 1 unspecified atom stereocenters. The van der Waals surface area contributed by atoms with Gasteiger partial charge in [0.05, 0.1) is 6.54 Å². The molecule has 0 aromatic heterocycles. The number of nitrogens with one attached hydrogen (secondary N) is 1. The van der Waals surface area contributed by atoms with Crippen LogP contribution in [0.4, 0.5) is 4.79 Å². The summed E-state index contributed by atoms with van der Waals surface area (Å²) in [5, 5.41) is 3.39. The van der Waals surface area contributed by atoms with Crippen LogP contribution in [0.15, 0.2) is 11.0 Å². The van der Waals surface area contributed by atoms with Gasteiger partial charge in [0.25, 0.3) is 0 Å². The predicted molar refractivity (Wildman–Crippen MR) is 64.0 cm³/mol. The summed E-state index contributed by atoms with van der Waals surface area (Å²) in [7, 11) is 0. The molecule has 0 aromatic carbocycles. The molecule has 0 spiro atoms. The number of thioether (sulfide) groups is 1. The molecular weight excluding hydrogens is 210 g/mol. The molecule has 1 aliphatic rings. The Bertz CT molecular complexity index is 268. The first-order valence-electron chi connectivity index (χ1n) is 5.19. The van der Waals surface area contributed by atoms with E-state index in [1.807, 2.05) is 32.5 Å². The molecule has 0 aliphatic carbocycles. The van der Waals surface area contributed by atoms with Gasteiger partial charge in [-0.1, -0.05) is 13.0 Å². The highest BCUT2D eigenvalue weighted by Crippen LogP contribution is 2.30. The standard InChI is InChI=1S/C11H19NO2S/c1-8-5-6-9(15-8)7-12-10(13)14-11(2,3)4/h6,8H,5,7H2,1-4H3,(H,12,13). The molecule has 0 saturated carbocycles. The molecule has 0 aromatic rings. The van der Waals surface area contributed by atoms with Crippen molar-refractivity contribution in [3.8, 4) is 0 Å². The summed E-state index contributed by atoms with van der Waals surface area (Å²) in [4.78, 5) is 12.6. The van der Waals surface area contributed by atoms with E-state index >= 15 is 0 Å². The highest BCUT2D eigenvalue weighted by Gasteiger charge is 2.17. The first-order chi connectivity index (χ1) is 6.87. The normalized spacial score (nSPS) is 21.1. The molecule has 86 valence electrons. The number of amides is 1. The first-order valence-corrected chi connectivity index (χ1v) is 6.07. The number of ether oxygens (including phenoxy) is 1. The summed E-state index contributed by atoms with van der Waals surface area (Å²) < 4.78 is 5.14. The summed E-state index contributed by atoms with van der Waals surface area (Å²) in [5.41, 5.74) is -0.422. The van der Waals surface area contributed by atoms with Crippen molar-refractivity contribution in [1.29, 1.82) is 0 Å². The Hall–Kier alpha value is -0.640. The van der Waals surface area contributed by atoms with E-state index in [4.69, 9.17) is 4.74 Å². The number of hydrogen-bond donors (Lipinski definition) is 1. The maximum absolute atomic E-state index is 11.3. The third-order valence-electron chi connectivity index (χ3n) is 1.84. The van der Waals surface area contributed by atoms with Gasteiger partial charge in [-0.15, -0.1) is 11.8 Å². The topological polar surface area (TPSA) is 38.3 Å². The van der Waals surface area contributed by atoms with Crippen molar-refractivity contribution in [3.05, 3.63) is 11.0 Å². The zero-order valence-electron chi connectivity index (χ0n) is 9.79. The van der Waals surface area contributed by atoms with Crippen LogP contribution in [0.2, 0.25) is 0 Å². The van der Waals surface area contributed by atoms with E-state index in [0.717, 1.165) is 6.42 Å². The maximum Gasteiger partial charge on any atom is 0.407 e. The van der Waals surface area contributed by atoms with Gasteiger partial charge in [0, 0.05) is 10.2 Å². The second-order valence-corrected chi connectivity index (χ2v) is 6.25. The molecule has 0 saturated heterocycles. The lowest BCUT2D eigenvalue weighted by Gasteiger charge is -2.19. The predicted octanol–water partition coefficient (Wildman–Crippen LogP) is 2.92. The van der Waals surface area contributed by atoms with Crippen LogP contribution in [-0.2, 0) is 4.74 Å². The van der Waals surface area contributed by atoms with Gasteiger partial charge < -0.3 is 10.1 Å². The third-order valence-corrected chi connectivity index (χ3v) is 3.04. The monoisotopic (exact) mass is 229 g/mol. The van der Waals surface area contributed by atoms with Crippen LogP contribution < -0.4 is 5.32 Å². The number of allylic oxidation sites excluding steroid dienone is 1. The maximum atomic E-state index is 11.3. The molecule has 0 fully saturated rings. The lowest BCUT2D eigenvalue weighted by atomic mass is 10.2. The average Bonchev–Trinajstić information content (AvgIpc) is 2.45. The minimum atomic E-state index is -0.422. The van der Waals surface area contributed by atoms with Crippen LogP contribution >= 0.6 is 11.8 Å². The van der Waals surface area contributed by atoms with E-state index in [1.54, 1.807) is 0 Å². The number of carbonyl (C=O) groups is 1. The third kappa shape index (κ3) is 5.11. The Morgan fingerprint density at radius 2 is 2.33 bits per heavy atom. The van der Waals surface area contributed by atoms with Gasteiger partial charge in [-0.3, -0.25) is 0 Å². The summed E-state index contributed by atoms with van der Waals surface area (Å²) in [6, 6.07) is 0. The second kappa shape index (κ2) is 4.92. The van der Waals surface area contributed by atoms with E-state index in [-0.39, 0.29) is 6.09 Å². The Morgan fingerprint density at radius 1 is 1.67 bits per heavy atom. The number of rotatable bonds is 2. The highest BCUT2D eigenvalue weighted by atomic mass is 32.2. The fourth-order valence-electron chi connectivity index (χ4n) is 1.24. The lowest BCUT2D eigenvalue weighted by molar-refractivity contribution is 0.0533. The molecular formula is C11H19NO2S. The van der Waals surface area contributed by atoms with Crippen molar-refractivity contribution in [3.63, 3.8) is 0 Å². The fraction of sp³-hybridized carbons (Fsp3) is 0.727. The van der Waals surface area contributed by atoms with E-state index in [2.05, 4.69) is 18.3 Å². The van der Waals surface area contributed by atoms with Crippen LogP contribution in [0, 0.1) is 0 Å². The van der Waals surface area contributed by atoms with Crippen molar-refractivity contribution in [2.75, 3.05) is 6.54 Å². The minimum absolute atomic E-state index is 0.344. The van der Waals surface area contributed by atoms with Gasteiger partial charge in [0.2, 0.25) is 0 Å². The molecule has 4 heteroatoms. The van der Waals surface area contributed by atoms with Gasteiger partial charge in [0.1, 0.15) is 5.60 Å². The first kappa shape index (κ1) is 12.4. The van der Waals surface area contributed by atoms with E-state index < -0.39 is 5.60 Å². The molecule has 1 N–H and O–H groups in total. The van der Waals surface area contributed by atoms with E-state index in [1.165, 1.54) is 4.91 Å². The number of carbonyl (C=O) groups excluding carboxylic acids is 1. The summed E-state index contributed by atoms with van der Waals surface area (Å²) in [6.45, 7) is 8.35. The van der Waals surface area contributed by atoms with Crippen molar-refractivity contribution in [1.82, 2.24) is 5.32 Å². The van der Waals surface area contributed by atoms with Crippen LogP contribution in [0.1, 0.15) is 34.1 Å². The van der Waals surface area contributed by atoms with Gasteiger partial charge >= 0.3 is 6.09 Å². The second-order valence-electron chi connectivity index (χ2n) is 4.69. The van der Waals surface area contributed by atoms with E-state index in [9.17, 15) is 4.79 Å². The Labute approximate surface area is 95.6 Å². The van der Waals surface area contributed by atoms with Crippen molar-refractivity contribution < 1.29 is 9.53 Å². The number of hydrogen-bond acceptors (Lipinski definition) is 3. The Kier molecular flexibility index (Phi) is 4.08. The SMILES string of the molecule is CC1CC=C(CNC(=O)OC(C)(C)C)S1. The quantitative estimate of drug-likeness (QED) is 0.791. The molecule has 0 bridgehead atoms. The summed E-state index contributed by atoms with van der Waals surface area (Å²) in [5.74, 6) is 0. The minimum Gasteiger partial charge on any atom is -0.444 e. The fourth-order valence-corrected chi connectivity index (χ4v) is 2.30. The summed E-state index contributed by atoms with van der Waals surface area (Å²) in [6.07, 6.45) is 2.92. The molecule has 1 atom stereocenters. The molecule has 1 heterocycles. The van der Waals surface area contributed by atoms with Gasteiger partial charge in [-0.2, -0.15) is 0 Å². The van der Waals surface area contributed by atoms with Crippen molar-refractivity contribution >= 4 is 17.9 Å². The van der Waals surface area contributed by atoms with Gasteiger partial charge in [-0.05, 0) is 27.2 Å². The molecule has 1 amide bonds. The van der Waals surface area contributed by atoms with Crippen LogP contribution in [0.25, 0.3) is 0 Å². The number of alkyl carbamates (subject to hydrolysis) is 1. The smallest absolute Gasteiger partial charge is 0.407 e. The molecule has 1 aliphatic heterocycles. The highest BCUT2D eigenvalue weighted by molar-refractivity contribution is 8.03. The Morgan fingerprint density at radius 3 is 2.80 bits per heavy atom. The largest absolute Gasteiger partial charge is 0.444 e.